The van der Waals surface area contributed by atoms with Crippen molar-refractivity contribution in [3.05, 3.63) is 240 Å². The predicted octanol–water partition coefficient (Wildman–Crippen LogP) is 18.3. The summed E-state index contributed by atoms with van der Waals surface area (Å²) in [6, 6.07) is 71.0. The average molecular weight is 938 g/mol. The average Bonchev–Trinajstić information content (AvgIpc) is 3.89. The highest BCUT2D eigenvalue weighted by Gasteiger charge is 2.35. The highest BCUT2D eigenvalue weighted by Crippen LogP contribution is 2.47. The number of rotatable bonds is 7. The second-order valence-electron chi connectivity index (χ2n) is 19.1. The third kappa shape index (κ3) is 7.53. The molecule has 346 valence electrons. The maximum atomic E-state index is 15.4. The van der Waals surface area contributed by atoms with Crippen molar-refractivity contribution in [1.82, 2.24) is 9.13 Å². The number of fused-ring (bicyclic) bond motifs is 6. The predicted molar refractivity (Wildman–Crippen MR) is 291 cm³/mol. The number of alkyl halides is 3. The Bertz CT molecular complexity index is 3940. The molecule has 0 radical (unpaired) electrons. The van der Waals surface area contributed by atoms with Gasteiger partial charge in [0.2, 0.25) is 0 Å². The van der Waals surface area contributed by atoms with Crippen LogP contribution >= 0.6 is 0 Å². The van der Waals surface area contributed by atoms with E-state index in [9.17, 15) is 5.26 Å². The summed E-state index contributed by atoms with van der Waals surface area (Å²) >= 11 is 0. The zero-order chi connectivity index (χ0) is 49.4. The van der Waals surface area contributed by atoms with Gasteiger partial charge >= 0.3 is 6.18 Å². The Morgan fingerprint density at radius 1 is 0.361 bits per heavy atom. The van der Waals surface area contributed by atoms with Gasteiger partial charge in [0.1, 0.15) is 11.6 Å². The van der Waals surface area contributed by atoms with Gasteiger partial charge < -0.3 is 9.13 Å². The third-order valence-corrected chi connectivity index (χ3v) is 14.3. The number of hydrogen-bond acceptors (Lipinski definition) is 1. The van der Waals surface area contributed by atoms with E-state index in [0.29, 0.717) is 11.4 Å². The summed E-state index contributed by atoms with van der Waals surface area (Å²) < 4.78 is 50.4. The lowest BCUT2D eigenvalue weighted by Gasteiger charge is -2.22. The van der Waals surface area contributed by atoms with Crippen molar-refractivity contribution in [3.63, 3.8) is 0 Å². The molecule has 12 rings (SSSR count). The summed E-state index contributed by atoms with van der Waals surface area (Å²) in [5.41, 5.74) is 16.3. The van der Waals surface area contributed by atoms with E-state index in [4.69, 9.17) is 0 Å². The number of halogens is 3. The van der Waals surface area contributed by atoms with Crippen LogP contribution in [0.15, 0.2) is 206 Å². The lowest BCUT2D eigenvalue weighted by molar-refractivity contribution is -0.137. The summed E-state index contributed by atoms with van der Waals surface area (Å²) in [5.74, 6) is 0. The van der Waals surface area contributed by atoms with Crippen molar-refractivity contribution in [1.29, 1.82) is 5.26 Å². The molecule has 2 aromatic heterocycles. The number of aryl methyl sites for hydroxylation is 4. The number of hydrogen-bond donors (Lipinski definition) is 0. The van der Waals surface area contributed by atoms with Crippen molar-refractivity contribution < 1.29 is 13.2 Å². The quantitative estimate of drug-likeness (QED) is 0.157. The van der Waals surface area contributed by atoms with E-state index in [1.54, 1.807) is 12.1 Å². The van der Waals surface area contributed by atoms with Gasteiger partial charge in [-0.2, -0.15) is 18.4 Å². The van der Waals surface area contributed by atoms with Gasteiger partial charge in [0.05, 0.1) is 39.0 Å². The first-order valence-corrected chi connectivity index (χ1v) is 24.1. The summed E-state index contributed by atoms with van der Waals surface area (Å²) in [4.78, 5) is 0. The van der Waals surface area contributed by atoms with Crippen LogP contribution in [0.1, 0.15) is 33.4 Å². The van der Waals surface area contributed by atoms with Crippen LogP contribution in [0.4, 0.5) is 13.2 Å². The molecule has 0 aliphatic heterocycles. The van der Waals surface area contributed by atoms with Crippen LogP contribution in [-0.4, -0.2) is 9.13 Å². The molecular formula is C66H46F3N3. The van der Waals surface area contributed by atoms with Crippen LogP contribution < -0.4 is 0 Å². The van der Waals surface area contributed by atoms with Gasteiger partial charge in [-0.05, 0) is 114 Å². The topological polar surface area (TPSA) is 33.6 Å². The molecule has 0 spiro atoms. The summed E-state index contributed by atoms with van der Waals surface area (Å²) in [5, 5.41) is 15.8. The van der Waals surface area contributed by atoms with E-state index in [-0.39, 0.29) is 16.7 Å². The fourth-order valence-electron chi connectivity index (χ4n) is 10.5. The Morgan fingerprint density at radius 2 is 0.694 bits per heavy atom. The molecular weight excluding hydrogens is 892 g/mol. The van der Waals surface area contributed by atoms with Crippen molar-refractivity contribution >= 4 is 43.6 Å². The summed E-state index contributed by atoms with van der Waals surface area (Å²) in [6.07, 6.45) is -4.69. The van der Waals surface area contributed by atoms with E-state index in [0.717, 1.165) is 116 Å². The van der Waals surface area contributed by atoms with E-state index in [1.165, 1.54) is 12.1 Å². The normalized spacial score (nSPS) is 11.8. The van der Waals surface area contributed by atoms with Crippen molar-refractivity contribution in [2.24, 2.45) is 0 Å². The lowest BCUT2D eigenvalue weighted by Crippen LogP contribution is -2.10. The van der Waals surface area contributed by atoms with Crippen LogP contribution in [0.2, 0.25) is 0 Å². The Morgan fingerprint density at radius 3 is 1.04 bits per heavy atom. The first kappa shape index (κ1) is 44.3. The summed E-state index contributed by atoms with van der Waals surface area (Å²) in [6.45, 7) is 8.24. The molecule has 6 heteroatoms. The standard InChI is InChI=1S/C66H46F3N3/c1-40-9-17-44(18-10-40)48-25-29-53-54-30-26-49(45-19-11-41(2)12-20-45)36-62(54)71(61(53)35-48)60-34-33-57(52-7-5-6-8-59(52)66(67,68)69)65(58(60)39-70)72-63-37-50(46-21-13-42(3)14-22-46)27-31-55(63)56-32-28-51(38-64(56)72)47-23-15-43(4)16-24-47/h5-38H,1-4H3. The van der Waals surface area contributed by atoms with E-state index < -0.39 is 11.7 Å². The van der Waals surface area contributed by atoms with E-state index in [1.807, 2.05) is 10.6 Å². The molecule has 0 aliphatic carbocycles. The number of nitrogens with zero attached hydrogens (tertiary/aromatic N) is 3. The molecule has 3 nitrogen and oxygen atoms in total. The smallest absolute Gasteiger partial charge is 0.308 e. The van der Waals surface area contributed by atoms with Crippen molar-refractivity contribution in [2.75, 3.05) is 0 Å². The first-order valence-electron chi connectivity index (χ1n) is 24.1. The fraction of sp³-hybridized carbons (Fsp3) is 0.0758. The van der Waals surface area contributed by atoms with Crippen molar-refractivity contribution in [3.8, 4) is 73.1 Å². The molecule has 0 saturated heterocycles. The Kier molecular flexibility index (Phi) is 10.6. The second kappa shape index (κ2) is 17.2. The SMILES string of the molecule is Cc1ccc(-c2ccc3c4ccc(-c5ccc(C)cc5)cc4n(-c4ccc(-c5ccccc5C(F)(F)F)c(-n5c6cc(-c7ccc(C)cc7)ccc6c6ccc(-c7ccc(C)cc7)cc65)c4C#N)c3c2)cc1. The number of nitriles is 1. The number of benzene rings is 10. The minimum absolute atomic E-state index is 0.0204. The lowest BCUT2D eigenvalue weighted by atomic mass is 9.94. The Hall–Kier alpha value is -8.92. The largest absolute Gasteiger partial charge is 0.417 e. The van der Waals surface area contributed by atoms with Gasteiger partial charge in [0.15, 0.2) is 0 Å². The zero-order valence-corrected chi connectivity index (χ0v) is 40.1. The molecule has 72 heavy (non-hydrogen) atoms. The molecule has 0 bridgehead atoms. The highest BCUT2D eigenvalue weighted by atomic mass is 19.4. The third-order valence-electron chi connectivity index (χ3n) is 14.3. The molecule has 0 amide bonds. The minimum Gasteiger partial charge on any atom is -0.308 e. The molecule has 0 fully saturated rings. The van der Waals surface area contributed by atoms with Gasteiger partial charge in [-0.3, -0.25) is 0 Å². The zero-order valence-electron chi connectivity index (χ0n) is 40.1. The molecule has 2 heterocycles. The van der Waals surface area contributed by atoms with Gasteiger partial charge in [-0.15, -0.1) is 0 Å². The van der Waals surface area contributed by atoms with Crippen molar-refractivity contribution in [2.45, 2.75) is 33.9 Å². The van der Waals surface area contributed by atoms with Crippen LogP contribution in [0.5, 0.6) is 0 Å². The molecule has 10 aromatic carbocycles. The molecule has 12 aromatic rings. The van der Waals surface area contributed by atoms with Crippen LogP contribution in [0, 0.1) is 39.0 Å². The first-order chi connectivity index (χ1) is 34.9. The highest BCUT2D eigenvalue weighted by molar-refractivity contribution is 6.14. The maximum Gasteiger partial charge on any atom is 0.417 e. The van der Waals surface area contributed by atoms with Gasteiger partial charge in [-0.1, -0.05) is 192 Å². The minimum atomic E-state index is -4.69. The van der Waals surface area contributed by atoms with E-state index >= 15 is 13.2 Å². The van der Waals surface area contributed by atoms with Crippen LogP contribution in [-0.2, 0) is 6.18 Å². The van der Waals surface area contributed by atoms with Gasteiger partial charge in [0.25, 0.3) is 0 Å². The van der Waals surface area contributed by atoms with Gasteiger partial charge in [-0.25, -0.2) is 0 Å². The molecule has 0 N–H and O–H groups in total. The Balaban J connectivity index is 1.24. The monoisotopic (exact) mass is 937 g/mol. The van der Waals surface area contributed by atoms with E-state index in [2.05, 4.69) is 208 Å². The molecule has 0 unspecified atom stereocenters. The number of aromatic nitrogens is 2. The van der Waals surface area contributed by atoms with Gasteiger partial charge in [0, 0.05) is 27.1 Å². The fourth-order valence-corrected chi connectivity index (χ4v) is 10.5. The molecule has 0 aliphatic rings. The van der Waals surface area contributed by atoms with Crippen LogP contribution in [0.3, 0.4) is 0 Å². The molecule has 0 atom stereocenters. The molecule has 0 saturated carbocycles. The van der Waals surface area contributed by atoms with Crippen LogP contribution in [0.25, 0.3) is 111 Å². The summed E-state index contributed by atoms with van der Waals surface area (Å²) in [7, 11) is 0. The maximum absolute atomic E-state index is 15.4. The Labute approximate surface area is 415 Å². The second-order valence-corrected chi connectivity index (χ2v) is 19.1.